The predicted octanol–water partition coefficient (Wildman–Crippen LogP) is 1.65. The molecule has 0 unspecified atom stereocenters. The van der Waals surface area contributed by atoms with E-state index in [1.54, 1.807) is 25.4 Å². The maximum atomic E-state index is 13.3. The highest BCUT2D eigenvalue weighted by Crippen LogP contribution is 2.61. The van der Waals surface area contributed by atoms with E-state index in [2.05, 4.69) is 4.98 Å². The van der Waals surface area contributed by atoms with Crippen LogP contribution in [0.5, 0.6) is 0 Å². The molecule has 41 heavy (non-hydrogen) atoms. The Morgan fingerprint density at radius 2 is 2.02 bits per heavy atom. The quantitative estimate of drug-likeness (QED) is 0.309. The molecule has 5 rings (SSSR count). The first-order chi connectivity index (χ1) is 19.7. The summed E-state index contributed by atoms with van der Waals surface area (Å²) in [7, 11) is 4.46. The van der Waals surface area contributed by atoms with Crippen LogP contribution in [0.2, 0.25) is 0 Å². The average Bonchev–Trinajstić information content (AvgIpc) is 3.54. The van der Waals surface area contributed by atoms with Crippen molar-refractivity contribution in [1.82, 2.24) is 4.98 Å². The van der Waals surface area contributed by atoms with Crippen LogP contribution >= 0.6 is 0 Å². The lowest BCUT2D eigenvalue weighted by Gasteiger charge is -2.49. The second kappa shape index (κ2) is 12.0. The Labute approximate surface area is 239 Å². The molecule has 1 saturated heterocycles. The normalized spacial score (nSPS) is 40.8. The molecule has 1 aromatic heterocycles. The summed E-state index contributed by atoms with van der Waals surface area (Å²) in [6.07, 6.45) is 2.66. The van der Waals surface area contributed by atoms with Crippen molar-refractivity contribution in [3.05, 3.63) is 47.8 Å². The van der Waals surface area contributed by atoms with Crippen LogP contribution in [-0.4, -0.2) is 104 Å². The molecule has 0 amide bonds. The second-order valence-electron chi connectivity index (χ2n) is 11.6. The van der Waals surface area contributed by atoms with Crippen molar-refractivity contribution < 1.29 is 48.2 Å². The molecule has 2 aliphatic carbocycles. The SMILES string of the molecule is COC[C@@H]1[C@@H](O)[C@@H]2[C@H]3C=C[C@@H]4C[C@H](OC)C(=O)O[C@H]([C@H](O)COC)[C@H](C)C=C(C)[C@]24O[C@H]3[C@@H]1OC(=O)c1ccc[nH]1. The lowest BCUT2D eigenvalue weighted by Crippen LogP contribution is -2.58. The summed E-state index contributed by atoms with van der Waals surface area (Å²) < 4.78 is 35.1. The molecule has 1 saturated carbocycles. The lowest BCUT2D eigenvalue weighted by atomic mass is 9.57. The molecule has 4 bridgehead atoms. The molecule has 3 N–H and O–H groups in total. The van der Waals surface area contributed by atoms with E-state index in [0.717, 1.165) is 5.57 Å². The minimum absolute atomic E-state index is 0.0160. The first-order valence-corrected chi connectivity index (χ1v) is 14.1. The number of carbonyl (C=O) groups excluding carboxylic acids is 2. The first kappa shape index (κ1) is 29.9. The van der Waals surface area contributed by atoms with Crippen LogP contribution in [0.1, 0.15) is 30.8 Å². The van der Waals surface area contributed by atoms with Gasteiger partial charge in [0.05, 0.1) is 19.3 Å². The van der Waals surface area contributed by atoms with Crippen molar-refractivity contribution in [2.45, 2.75) is 62.5 Å². The van der Waals surface area contributed by atoms with E-state index >= 15 is 0 Å². The third kappa shape index (κ3) is 5.06. The van der Waals surface area contributed by atoms with Crippen molar-refractivity contribution in [3.63, 3.8) is 0 Å². The van der Waals surface area contributed by atoms with Gasteiger partial charge >= 0.3 is 11.9 Å². The molecule has 0 aromatic carbocycles. The van der Waals surface area contributed by atoms with Crippen molar-refractivity contribution in [2.75, 3.05) is 34.5 Å². The summed E-state index contributed by atoms with van der Waals surface area (Å²) in [6, 6.07) is 3.34. The number of nitrogens with one attached hydrogen (secondary N) is 1. The first-order valence-electron chi connectivity index (χ1n) is 14.1. The molecular formula is C30H41NO10. The molecule has 1 aromatic rings. The number of carbonyl (C=O) groups is 2. The second-order valence-corrected chi connectivity index (χ2v) is 11.6. The van der Waals surface area contributed by atoms with Crippen LogP contribution in [0.3, 0.4) is 0 Å². The van der Waals surface area contributed by atoms with E-state index in [4.69, 9.17) is 28.4 Å². The van der Waals surface area contributed by atoms with Gasteiger partial charge in [-0.1, -0.05) is 25.2 Å². The number of H-pyrrole nitrogens is 1. The highest BCUT2D eigenvalue weighted by Gasteiger charge is 2.69. The third-order valence-electron chi connectivity index (χ3n) is 9.34. The number of esters is 2. The average molecular weight is 576 g/mol. The van der Waals surface area contributed by atoms with Crippen molar-refractivity contribution in [2.24, 2.45) is 29.6 Å². The third-order valence-corrected chi connectivity index (χ3v) is 9.34. The zero-order valence-corrected chi connectivity index (χ0v) is 24.1. The maximum Gasteiger partial charge on any atom is 0.355 e. The van der Waals surface area contributed by atoms with Gasteiger partial charge in [0, 0.05) is 57.1 Å². The minimum Gasteiger partial charge on any atom is -0.457 e. The maximum absolute atomic E-state index is 13.3. The summed E-state index contributed by atoms with van der Waals surface area (Å²) in [5, 5.41) is 22.8. The smallest absolute Gasteiger partial charge is 0.355 e. The van der Waals surface area contributed by atoms with Gasteiger partial charge in [0.1, 0.15) is 35.7 Å². The molecule has 0 radical (unpaired) electrons. The number of methoxy groups -OCH3 is 3. The van der Waals surface area contributed by atoms with Crippen molar-refractivity contribution in [3.8, 4) is 0 Å². The van der Waals surface area contributed by atoms with Crippen LogP contribution in [0, 0.1) is 29.6 Å². The van der Waals surface area contributed by atoms with E-state index in [0.29, 0.717) is 5.69 Å². The van der Waals surface area contributed by atoms with Gasteiger partial charge in [-0.3, -0.25) is 0 Å². The Morgan fingerprint density at radius 3 is 2.68 bits per heavy atom. The number of aromatic amines is 1. The zero-order chi connectivity index (χ0) is 29.5. The fourth-order valence-electron chi connectivity index (χ4n) is 7.55. The minimum atomic E-state index is -1.07. The zero-order valence-electron chi connectivity index (χ0n) is 24.1. The number of rotatable bonds is 8. The summed E-state index contributed by atoms with van der Waals surface area (Å²) in [4.78, 5) is 29.2. The molecular weight excluding hydrogens is 534 g/mol. The van der Waals surface area contributed by atoms with E-state index < -0.39 is 71.9 Å². The van der Waals surface area contributed by atoms with Gasteiger partial charge in [0.25, 0.3) is 0 Å². The lowest BCUT2D eigenvalue weighted by molar-refractivity contribution is -0.174. The monoisotopic (exact) mass is 575 g/mol. The summed E-state index contributed by atoms with van der Waals surface area (Å²) in [6.45, 7) is 3.95. The Morgan fingerprint density at radius 1 is 1.24 bits per heavy atom. The highest BCUT2D eigenvalue weighted by atomic mass is 16.6. The Hall–Kier alpha value is -2.54. The van der Waals surface area contributed by atoms with Gasteiger partial charge in [-0.25, -0.2) is 9.59 Å². The van der Waals surface area contributed by atoms with Gasteiger partial charge in [-0.05, 0) is 31.1 Å². The van der Waals surface area contributed by atoms with Gasteiger partial charge in [0.2, 0.25) is 0 Å². The Bertz CT molecular complexity index is 1150. The van der Waals surface area contributed by atoms with E-state index in [1.807, 2.05) is 32.1 Å². The van der Waals surface area contributed by atoms with Crippen molar-refractivity contribution >= 4 is 11.9 Å². The van der Waals surface area contributed by atoms with Crippen LogP contribution in [0.15, 0.2) is 42.1 Å². The van der Waals surface area contributed by atoms with E-state index in [1.165, 1.54) is 14.2 Å². The molecule has 4 aliphatic rings. The van der Waals surface area contributed by atoms with Crippen molar-refractivity contribution in [1.29, 1.82) is 0 Å². The summed E-state index contributed by atoms with van der Waals surface area (Å²) >= 11 is 0. The van der Waals surface area contributed by atoms with Crippen LogP contribution in [-0.2, 0) is 33.2 Å². The van der Waals surface area contributed by atoms with Gasteiger partial charge < -0.3 is 43.6 Å². The van der Waals surface area contributed by atoms with Gasteiger partial charge in [-0.2, -0.15) is 0 Å². The number of aliphatic hydroxyl groups is 2. The molecule has 12 atom stereocenters. The summed E-state index contributed by atoms with van der Waals surface area (Å²) in [5.74, 6) is -3.10. The van der Waals surface area contributed by atoms with E-state index in [9.17, 15) is 19.8 Å². The largest absolute Gasteiger partial charge is 0.457 e. The number of aromatic nitrogens is 1. The number of hydrogen-bond donors (Lipinski definition) is 3. The number of aliphatic hydroxyl groups excluding tert-OH is 2. The van der Waals surface area contributed by atoms with Crippen LogP contribution in [0.25, 0.3) is 0 Å². The molecule has 11 nitrogen and oxygen atoms in total. The number of cyclic esters (lactones) is 1. The van der Waals surface area contributed by atoms with Crippen LogP contribution < -0.4 is 0 Å². The molecule has 226 valence electrons. The molecule has 1 spiro atoms. The summed E-state index contributed by atoms with van der Waals surface area (Å²) in [5.41, 5.74) is 0.115. The molecule has 3 heterocycles. The number of ether oxygens (including phenoxy) is 6. The van der Waals surface area contributed by atoms with E-state index in [-0.39, 0.29) is 31.5 Å². The fourth-order valence-corrected chi connectivity index (χ4v) is 7.55. The number of hydrogen-bond acceptors (Lipinski definition) is 10. The fraction of sp³-hybridized carbons (Fsp3) is 0.667. The Kier molecular flexibility index (Phi) is 8.75. The van der Waals surface area contributed by atoms with Crippen LogP contribution in [0.4, 0.5) is 0 Å². The molecule has 2 aliphatic heterocycles. The highest BCUT2D eigenvalue weighted by molar-refractivity contribution is 5.87. The predicted molar refractivity (Wildman–Crippen MR) is 145 cm³/mol. The molecule has 11 heteroatoms. The Balaban J connectivity index is 1.59. The standard InChI is InChI=1S/C30H41NO10/c1-15-11-16(2)30-17(12-22(38-5)29(35)39-25(15)21(32)14-37-4)8-9-18-23(30)24(33)19(13-36-3)26(27(18)41-30)40-28(34)20-7-6-10-31-20/h6-11,15,17-19,21-27,31-33H,12-14H2,1-5H3/t15-,17-,18-,19-,21-,22+,23+,24-,25+,26-,27-,30-/m1/s1. The molecule has 2 fully saturated rings. The van der Waals surface area contributed by atoms with Gasteiger partial charge in [-0.15, -0.1) is 0 Å². The van der Waals surface area contributed by atoms with Gasteiger partial charge in [0.15, 0.2) is 6.10 Å². The topological polar surface area (TPSA) is 146 Å².